The van der Waals surface area contributed by atoms with Crippen molar-refractivity contribution in [3.05, 3.63) is 49.5 Å². The molecule has 0 aromatic carbocycles. The fraction of sp³-hybridized carbons (Fsp3) is 0.0909. The molecule has 2 heterocycles. The molecular formula is C11H10NO. The smallest absolute Gasteiger partial charge is 0.111 e. The second-order valence-corrected chi connectivity index (χ2v) is 2.75. The summed E-state index contributed by atoms with van der Waals surface area (Å²) in [5.74, 6) is 0.910. The molecule has 0 unspecified atom stereocenters. The third-order valence-electron chi connectivity index (χ3n) is 1.95. The Bertz CT molecular complexity index is 378. The molecule has 2 heteroatoms. The number of rotatable bonds is 2. The Morgan fingerprint density at radius 1 is 1.38 bits per heavy atom. The van der Waals surface area contributed by atoms with Gasteiger partial charge < -0.3 is 4.42 Å². The van der Waals surface area contributed by atoms with Crippen LogP contribution in [0.3, 0.4) is 0 Å². The van der Waals surface area contributed by atoms with E-state index in [-0.39, 0.29) is 0 Å². The predicted octanol–water partition coefficient (Wildman–Crippen LogP) is 2.72. The molecule has 0 aliphatic carbocycles. The Morgan fingerprint density at radius 2 is 2.31 bits per heavy atom. The summed E-state index contributed by atoms with van der Waals surface area (Å²) in [7, 11) is 0. The van der Waals surface area contributed by atoms with Crippen LogP contribution in [0.4, 0.5) is 0 Å². The van der Waals surface area contributed by atoms with Crippen molar-refractivity contribution in [1.82, 2.24) is 4.98 Å². The van der Waals surface area contributed by atoms with E-state index in [1.54, 1.807) is 12.5 Å². The molecule has 0 aliphatic rings. The summed E-state index contributed by atoms with van der Waals surface area (Å²) in [6.45, 7) is 3.80. The maximum Gasteiger partial charge on any atom is 0.111 e. The van der Waals surface area contributed by atoms with Crippen LogP contribution in [0, 0.1) is 6.92 Å². The topological polar surface area (TPSA) is 26.0 Å². The van der Waals surface area contributed by atoms with Crippen molar-refractivity contribution < 1.29 is 4.42 Å². The summed E-state index contributed by atoms with van der Waals surface area (Å²) in [4.78, 5) is 4.05. The molecule has 2 aromatic heterocycles. The van der Waals surface area contributed by atoms with Gasteiger partial charge in [-0.3, -0.25) is 4.98 Å². The molecule has 0 saturated heterocycles. The molecule has 0 spiro atoms. The largest absolute Gasteiger partial charge is 0.469 e. The van der Waals surface area contributed by atoms with Crippen LogP contribution >= 0.6 is 0 Å². The minimum absolute atomic E-state index is 0.664. The molecular weight excluding hydrogens is 162 g/mol. The summed E-state index contributed by atoms with van der Waals surface area (Å²) in [5, 5.41) is 0. The lowest BCUT2D eigenvalue weighted by molar-refractivity contribution is 0.523. The maximum absolute atomic E-state index is 5.28. The van der Waals surface area contributed by atoms with E-state index in [0.29, 0.717) is 6.42 Å². The van der Waals surface area contributed by atoms with Crippen LogP contribution in [0.1, 0.15) is 5.76 Å². The van der Waals surface area contributed by atoms with Gasteiger partial charge in [0.25, 0.3) is 0 Å². The van der Waals surface area contributed by atoms with Crippen LogP contribution in [-0.2, 0) is 6.42 Å². The monoisotopic (exact) mass is 172 g/mol. The lowest BCUT2D eigenvalue weighted by Gasteiger charge is -1.98. The molecule has 65 valence electrons. The van der Waals surface area contributed by atoms with Gasteiger partial charge in [0.05, 0.1) is 6.26 Å². The fourth-order valence-corrected chi connectivity index (χ4v) is 1.31. The minimum Gasteiger partial charge on any atom is -0.469 e. The summed E-state index contributed by atoms with van der Waals surface area (Å²) >= 11 is 0. The van der Waals surface area contributed by atoms with Crippen LogP contribution < -0.4 is 0 Å². The molecule has 0 N–H and O–H groups in total. The predicted molar refractivity (Wildman–Crippen MR) is 51.0 cm³/mol. The van der Waals surface area contributed by atoms with Gasteiger partial charge in [-0.2, -0.15) is 0 Å². The van der Waals surface area contributed by atoms with E-state index < -0.39 is 0 Å². The van der Waals surface area contributed by atoms with Gasteiger partial charge in [-0.25, -0.2) is 0 Å². The molecule has 2 rings (SSSR count). The van der Waals surface area contributed by atoms with Crippen molar-refractivity contribution in [3.63, 3.8) is 0 Å². The van der Waals surface area contributed by atoms with Gasteiger partial charge in [0.2, 0.25) is 0 Å². The van der Waals surface area contributed by atoms with Crippen molar-refractivity contribution in [2.24, 2.45) is 0 Å². The van der Waals surface area contributed by atoms with Gasteiger partial charge >= 0.3 is 0 Å². The summed E-state index contributed by atoms with van der Waals surface area (Å²) in [5.41, 5.74) is 2.16. The minimum atomic E-state index is 0.664. The molecule has 0 fully saturated rings. The van der Waals surface area contributed by atoms with Gasteiger partial charge in [-0.1, -0.05) is 6.07 Å². The highest BCUT2D eigenvalue weighted by atomic mass is 16.3. The number of hydrogen-bond acceptors (Lipinski definition) is 2. The van der Waals surface area contributed by atoms with Crippen molar-refractivity contribution in [3.8, 4) is 11.1 Å². The SMILES string of the molecule is [CH2]Cc1occc1-c1cccnc1. The molecule has 1 radical (unpaired) electrons. The Labute approximate surface area is 77.2 Å². The van der Waals surface area contributed by atoms with Crippen molar-refractivity contribution in [2.45, 2.75) is 6.42 Å². The first kappa shape index (κ1) is 8.05. The molecule has 2 aromatic rings. The molecule has 0 saturated carbocycles. The Hall–Kier alpha value is -1.57. The van der Waals surface area contributed by atoms with Crippen molar-refractivity contribution in [1.29, 1.82) is 0 Å². The number of furan rings is 1. The summed E-state index contributed by atoms with van der Waals surface area (Å²) in [6.07, 6.45) is 5.93. The Morgan fingerprint density at radius 3 is 3.00 bits per heavy atom. The second kappa shape index (κ2) is 3.44. The second-order valence-electron chi connectivity index (χ2n) is 2.75. The van der Waals surface area contributed by atoms with E-state index in [1.807, 2.05) is 24.4 Å². The first-order valence-electron chi connectivity index (χ1n) is 4.18. The Balaban J connectivity index is 2.47. The van der Waals surface area contributed by atoms with Crippen LogP contribution in [0.2, 0.25) is 0 Å². The highest BCUT2D eigenvalue weighted by Crippen LogP contribution is 2.23. The third-order valence-corrected chi connectivity index (χ3v) is 1.95. The van der Waals surface area contributed by atoms with Gasteiger partial charge in [0.15, 0.2) is 0 Å². The van der Waals surface area contributed by atoms with E-state index >= 15 is 0 Å². The van der Waals surface area contributed by atoms with E-state index in [1.165, 1.54) is 0 Å². The van der Waals surface area contributed by atoms with Crippen LogP contribution in [0.25, 0.3) is 11.1 Å². The quantitative estimate of drug-likeness (QED) is 0.696. The van der Waals surface area contributed by atoms with Crippen molar-refractivity contribution >= 4 is 0 Å². The number of pyridine rings is 1. The summed E-state index contributed by atoms with van der Waals surface area (Å²) < 4.78 is 5.28. The molecule has 0 bridgehead atoms. The first-order chi connectivity index (χ1) is 6.42. The Kier molecular flexibility index (Phi) is 2.13. The van der Waals surface area contributed by atoms with Gasteiger partial charge in [0.1, 0.15) is 5.76 Å². The average Bonchev–Trinajstić information content (AvgIpc) is 2.67. The summed E-state index contributed by atoms with van der Waals surface area (Å²) in [6, 6.07) is 5.86. The van der Waals surface area contributed by atoms with Crippen molar-refractivity contribution in [2.75, 3.05) is 0 Å². The van der Waals surface area contributed by atoms with E-state index in [9.17, 15) is 0 Å². The zero-order valence-corrected chi connectivity index (χ0v) is 7.23. The van der Waals surface area contributed by atoms with Crippen LogP contribution in [0.15, 0.2) is 41.3 Å². The zero-order chi connectivity index (χ0) is 9.10. The lowest BCUT2D eigenvalue weighted by atomic mass is 10.1. The fourth-order valence-electron chi connectivity index (χ4n) is 1.31. The van der Waals surface area contributed by atoms with Crippen LogP contribution in [0.5, 0.6) is 0 Å². The average molecular weight is 172 g/mol. The number of hydrogen-bond donors (Lipinski definition) is 0. The molecule has 13 heavy (non-hydrogen) atoms. The molecule has 0 aliphatic heterocycles. The highest BCUT2D eigenvalue weighted by molar-refractivity contribution is 5.64. The van der Waals surface area contributed by atoms with Crippen LogP contribution in [-0.4, -0.2) is 4.98 Å². The maximum atomic E-state index is 5.28. The first-order valence-corrected chi connectivity index (χ1v) is 4.18. The molecule has 0 atom stereocenters. The number of aromatic nitrogens is 1. The normalized spacial score (nSPS) is 10.2. The lowest BCUT2D eigenvalue weighted by Crippen LogP contribution is -1.82. The third kappa shape index (κ3) is 1.47. The zero-order valence-electron chi connectivity index (χ0n) is 7.23. The van der Waals surface area contributed by atoms with E-state index in [0.717, 1.165) is 16.9 Å². The van der Waals surface area contributed by atoms with E-state index in [2.05, 4.69) is 11.9 Å². The van der Waals surface area contributed by atoms with E-state index in [4.69, 9.17) is 4.42 Å². The number of nitrogens with zero attached hydrogens (tertiary/aromatic N) is 1. The van der Waals surface area contributed by atoms with Gasteiger partial charge in [-0.05, 0) is 19.1 Å². The highest BCUT2D eigenvalue weighted by Gasteiger charge is 2.05. The van der Waals surface area contributed by atoms with Gasteiger partial charge in [-0.15, -0.1) is 0 Å². The molecule has 0 amide bonds. The standard InChI is InChI=1S/C11H10NO/c1-2-11-10(5-7-13-11)9-4-3-6-12-8-9/h3-8H,1-2H2. The molecule has 2 nitrogen and oxygen atoms in total. The van der Waals surface area contributed by atoms with Gasteiger partial charge in [0, 0.05) is 29.9 Å².